The lowest BCUT2D eigenvalue weighted by atomic mass is 9.86. The van der Waals surface area contributed by atoms with Gasteiger partial charge in [-0.15, -0.1) is 0 Å². The second kappa shape index (κ2) is 10.2. The van der Waals surface area contributed by atoms with Gasteiger partial charge in [0.2, 0.25) is 0 Å². The summed E-state index contributed by atoms with van der Waals surface area (Å²) in [6.45, 7) is 0. The lowest BCUT2D eigenvalue weighted by Gasteiger charge is -2.18. The Balaban J connectivity index is 1.15. The van der Waals surface area contributed by atoms with Crippen LogP contribution in [0, 0.1) is 0 Å². The summed E-state index contributed by atoms with van der Waals surface area (Å²) in [7, 11) is 0. The summed E-state index contributed by atoms with van der Waals surface area (Å²) in [5.41, 5.74) is 11.1. The summed E-state index contributed by atoms with van der Waals surface area (Å²) in [4.78, 5) is 0. The Morgan fingerprint density at radius 2 is 0.766 bits per heavy atom. The van der Waals surface area contributed by atoms with Gasteiger partial charge in [0.1, 0.15) is 0 Å². The molecule has 0 spiro atoms. The predicted molar refractivity (Wildman–Crippen MR) is 201 cm³/mol. The van der Waals surface area contributed by atoms with E-state index in [1.807, 2.05) is 0 Å². The average Bonchev–Trinajstić information content (AvgIpc) is 3.48. The number of hydrogen-bond acceptors (Lipinski definition) is 0. The summed E-state index contributed by atoms with van der Waals surface area (Å²) in [5, 5.41) is 10.4. The van der Waals surface area contributed by atoms with Crippen molar-refractivity contribution in [2.75, 3.05) is 0 Å². The number of aromatic nitrogens is 1. The van der Waals surface area contributed by atoms with Crippen LogP contribution in [-0.2, 0) is 0 Å². The molecule has 0 radical (unpaired) electrons. The van der Waals surface area contributed by atoms with Crippen molar-refractivity contribution in [2.45, 2.75) is 0 Å². The third-order valence-corrected chi connectivity index (χ3v) is 9.98. The molecular formula is C46H29N. The first kappa shape index (κ1) is 26.1. The Morgan fingerprint density at radius 3 is 1.43 bits per heavy atom. The molecular weight excluding hydrogens is 567 g/mol. The molecule has 1 heterocycles. The molecule has 10 aromatic rings. The van der Waals surface area contributed by atoms with Crippen LogP contribution in [0.2, 0.25) is 0 Å². The van der Waals surface area contributed by atoms with E-state index in [2.05, 4.69) is 180 Å². The molecule has 0 fully saturated rings. The number of benzene rings is 9. The first-order valence-corrected chi connectivity index (χ1v) is 16.3. The molecule has 0 atom stereocenters. The van der Waals surface area contributed by atoms with Crippen molar-refractivity contribution in [3.05, 3.63) is 176 Å². The molecule has 0 bridgehead atoms. The molecule has 0 N–H and O–H groups in total. The van der Waals surface area contributed by atoms with Crippen molar-refractivity contribution in [3.63, 3.8) is 0 Å². The normalized spacial score (nSPS) is 11.8. The van der Waals surface area contributed by atoms with E-state index in [4.69, 9.17) is 0 Å². The minimum atomic E-state index is 1.17. The van der Waals surface area contributed by atoms with Crippen molar-refractivity contribution in [1.82, 2.24) is 4.57 Å². The van der Waals surface area contributed by atoms with Crippen LogP contribution in [0.4, 0.5) is 0 Å². The van der Waals surface area contributed by atoms with E-state index in [0.717, 1.165) is 0 Å². The third kappa shape index (κ3) is 3.90. The molecule has 1 nitrogen and oxygen atoms in total. The fraction of sp³-hybridized carbons (Fsp3) is 0. The van der Waals surface area contributed by atoms with Gasteiger partial charge in [0.25, 0.3) is 0 Å². The van der Waals surface area contributed by atoms with E-state index in [1.165, 1.54) is 93.2 Å². The van der Waals surface area contributed by atoms with Gasteiger partial charge in [-0.2, -0.15) is 0 Å². The summed E-state index contributed by atoms with van der Waals surface area (Å²) in [6, 6.07) is 64.4. The second-order valence-electron chi connectivity index (χ2n) is 12.5. The van der Waals surface area contributed by atoms with Crippen molar-refractivity contribution < 1.29 is 0 Å². The van der Waals surface area contributed by atoms with E-state index >= 15 is 0 Å². The van der Waals surface area contributed by atoms with Crippen molar-refractivity contribution in [1.29, 1.82) is 0 Å². The van der Waals surface area contributed by atoms with Crippen LogP contribution >= 0.6 is 0 Å². The van der Waals surface area contributed by atoms with Crippen molar-refractivity contribution in [3.8, 4) is 39.1 Å². The molecule has 9 aromatic carbocycles. The molecule has 0 aliphatic heterocycles. The molecule has 10 rings (SSSR count). The highest BCUT2D eigenvalue weighted by Crippen LogP contribution is 2.44. The first-order chi connectivity index (χ1) is 23.3. The fourth-order valence-corrected chi connectivity index (χ4v) is 7.87. The van der Waals surface area contributed by atoms with Crippen LogP contribution in [0.5, 0.6) is 0 Å². The van der Waals surface area contributed by atoms with Crippen LogP contribution in [0.3, 0.4) is 0 Å². The van der Waals surface area contributed by atoms with E-state index < -0.39 is 0 Å². The quantitative estimate of drug-likeness (QED) is 0.178. The molecule has 1 aromatic heterocycles. The molecule has 0 amide bonds. The van der Waals surface area contributed by atoms with E-state index in [-0.39, 0.29) is 0 Å². The Bertz CT molecular complexity index is 2710. The summed E-state index contributed by atoms with van der Waals surface area (Å²) >= 11 is 0. The summed E-state index contributed by atoms with van der Waals surface area (Å²) in [5.74, 6) is 0. The third-order valence-electron chi connectivity index (χ3n) is 9.98. The van der Waals surface area contributed by atoms with Crippen molar-refractivity contribution in [2.24, 2.45) is 0 Å². The van der Waals surface area contributed by atoms with Gasteiger partial charge in [-0.05, 0) is 90.0 Å². The lowest BCUT2D eigenvalue weighted by molar-refractivity contribution is 1.18. The van der Waals surface area contributed by atoms with Gasteiger partial charge in [-0.1, -0.05) is 152 Å². The number of hydrogen-bond donors (Lipinski definition) is 0. The second-order valence-corrected chi connectivity index (χ2v) is 12.5. The monoisotopic (exact) mass is 595 g/mol. The number of rotatable bonds is 4. The van der Waals surface area contributed by atoms with Gasteiger partial charge < -0.3 is 4.57 Å². The van der Waals surface area contributed by atoms with Gasteiger partial charge in [0, 0.05) is 16.5 Å². The van der Waals surface area contributed by atoms with Crippen LogP contribution in [0.25, 0.3) is 93.2 Å². The molecule has 0 saturated heterocycles. The highest BCUT2D eigenvalue weighted by atomic mass is 15.0. The Hall–Kier alpha value is -6.18. The van der Waals surface area contributed by atoms with Crippen molar-refractivity contribution >= 4 is 54.1 Å². The predicted octanol–water partition coefficient (Wildman–Crippen LogP) is 12.7. The molecule has 0 unspecified atom stereocenters. The Kier molecular flexibility index (Phi) is 5.64. The van der Waals surface area contributed by atoms with E-state index in [9.17, 15) is 0 Å². The number of fused-ring (bicyclic) bond motifs is 3. The van der Waals surface area contributed by atoms with Gasteiger partial charge in [0.05, 0.1) is 11.0 Å². The van der Waals surface area contributed by atoms with Crippen LogP contribution < -0.4 is 0 Å². The minimum absolute atomic E-state index is 1.17. The smallest absolute Gasteiger partial charge is 0.0541 e. The molecule has 47 heavy (non-hydrogen) atoms. The number of para-hydroxylation sites is 2. The largest absolute Gasteiger partial charge is 0.309 e. The summed E-state index contributed by atoms with van der Waals surface area (Å²) < 4.78 is 2.38. The van der Waals surface area contributed by atoms with Crippen LogP contribution in [-0.4, -0.2) is 4.57 Å². The van der Waals surface area contributed by atoms with Gasteiger partial charge in [0.15, 0.2) is 0 Å². The van der Waals surface area contributed by atoms with Gasteiger partial charge in [-0.3, -0.25) is 0 Å². The van der Waals surface area contributed by atoms with Gasteiger partial charge in [-0.25, -0.2) is 0 Å². The zero-order chi connectivity index (χ0) is 30.9. The molecule has 0 aliphatic rings. The molecule has 0 saturated carbocycles. The Morgan fingerprint density at radius 1 is 0.277 bits per heavy atom. The first-order valence-electron chi connectivity index (χ1n) is 16.3. The van der Waals surface area contributed by atoms with Gasteiger partial charge >= 0.3 is 0 Å². The highest BCUT2D eigenvalue weighted by Gasteiger charge is 2.17. The van der Waals surface area contributed by atoms with Crippen LogP contribution in [0.1, 0.15) is 0 Å². The fourth-order valence-electron chi connectivity index (χ4n) is 7.87. The zero-order valence-corrected chi connectivity index (χ0v) is 25.7. The maximum Gasteiger partial charge on any atom is 0.0541 e. The van der Waals surface area contributed by atoms with Crippen LogP contribution in [0.15, 0.2) is 176 Å². The molecule has 1 heteroatoms. The van der Waals surface area contributed by atoms with E-state index in [1.54, 1.807) is 0 Å². The maximum atomic E-state index is 2.38. The molecule has 0 aliphatic carbocycles. The SMILES string of the molecule is c1ccc(-c2ccccc2-c2ccc3ccc4c(-c5ccc(-n6c7ccccc7c7ccccc76)cc5)ccc5ccc2c3c54)cc1. The topological polar surface area (TPSA) is 4.93 Å². The standard InChI is InChI=1S/C46H29N/c1-2-10-30(11-3-1)35-12-4-5-13-37(35)38-27-21-33-22-28-41-36(26-20-32-23-29-42(38)46(33)45(32)41)31-18-24-34(25-19-31)47-43-16-8-6-14-39(43)40-15-7-9-17-44(40)47/h1-29H. The highest BCUT2D eigenvalue weighted by molar-refractivity contribution is 6.27. The van der Waals surface area contributed by atoms with E-state index in [0.29, 0.717) is 0 Å². The Labute approximate surface area is 272 Å². The number of nitrogens with zero attached hydrogens (tertiary/aromatic N) is 1. The molecule has 218 valence electrons. The zero-order valence-electron chi connectivity index (χ0n) is 25.7. The average molecular weight is 596 g/mol. The lowest BCUT2D eigenvalue weighted by Crippen LogP contribution is -1.94. The minimum Gasteiger partial charge on any atom is -0.309 e. The summed E-state index contributed by atoms with van der Waals surface area (Å²) in [6.07, 6.45) is 0. The maximum absolute atomic E-state index is 2.38.